The average molecular weight is 278 g/mol. The molecule has 0 aliphatic carbocycles. The highest BCUT2D eigenvalue weighted by molar-refractivity contribution is 5.50. The molecule has 1 aromatic heterocycles. The molecule has 1 unspecified atom stereocenters. The maximum absolute atomic E-state index is 5.26. The molecule has 1 saturated heterocycles. The molecule has 2 rings (SSSR count). The van der Waals surface area contributed by atoms with Gasteiger partial charge in [-0.15, -0.1) is 0 Å². The number of nitrogens with one attached hydrogen (secondary N) is 1. The highest BCUT2D eigenvalue weighted by Gasteiger charge is 2.24. The topological polar surface area (TPSA) is 50.3 Å². The van der Waals surface area contributed by atoms with Crippen LogP contribution >= 0.6 is 0 Å². The Morgan fingerprint density at radius 1 is 1.45 bits per heavy atom. The van der Waals surface area contributed by atoms with Crippen LogP contribution in [0.2, 0.25) is 0 Å². The minimum atomic E-state index is 0.338. The second-order valence-corrected chi connectivity index (χ2v) is 5.71. The van der Waals surface area contributed by atoms with Crippen LogP contribution in [0.25, 0.3) is 0 Å². The first-order chi connectivity index (χ1) is 9.63. The van der Waals surface area contributed by atoms with Crippen LogP contribution in [0.4, 0.5) is 11.6 Å². The van der Waals surface area contributed by atoms with Crippen molar-refractivity contribution in [1.82, 2.24) is 9.97 Å². The first kappa shape index (κ1) is 15.0. The van der Waals surface area contributed by atoms with Crippen molar-refractivity contribution >= 4 is 11.6 Å². The van der Waals surface area contributed by atoms with Gasteiger partial charge in [-0.3, -0.25) is 0 Å². The van der Waals surface area contributed by atoms with Gasteiger partial charge in [0.1, 0.15) is 17.5 Å². The smallest absolute Gasteiger partial charge is 0.135 e. The van der Waals surface area contributed by atoms with E-state index in [-0.39, 0.29) is 0 Å². The lowest BCUT2D eigenvalue weighted by atomic mass is 10.1. The zero-order valence-corrected chi connectivity index (χ0v) is 13.0. The standard InChI is InChI=1S/C15H26N4O/c1-5-16-13-8-14(18-15(17-13)11(2)3)19-7-6-12(9-19)10-20-4/h8,11-12H,5-7,9-10H2,1-4H3,(H,16,17,18). The van der Waals surface area contributed by atoms with Crippen LogP contribution in [0.15, 0.2) is 6.07 Å². The first-order valence-electron chi connectivity index (χ1n) is 7.50. The zero-order chi connectivity index (χ0) is 14.5. The monoisotopic (exact) mass is 278 g/mol. The minimum Gasteiger partial charge on any atom is -0.384 e. The summed E-state index contributed by atoms with van der Waals surface area (Å²) in [5.74, 6) is 3.83. The Hall–Kier alpha value is -1.36. The molecule has 0 saturated carbocycles. The summed E-state index contributed by atoms with van der Waals surface area (Å²) in [6.07, 6.45) is 1.17. The molecule has 0 bridgehead atoms. The van der Waals surface area contributed by atoms with E-state index in [1.165, 1.54) is 6.42 Å². The summed E-state index contributed by atoms with van der Waals surface area (Å²) in [7, 11) is 1.77. The fourth-order valence-electron chi connectivity index (χ4n) is 2.56. The first-order valence-corrected chi connectivity index (χ1v) is 7.50. The number of nitrogens with zero attached hydrogens (tertiary/aromatic N) is 3. The van der Waals surface area contributed by atoms with Gasteiger partial charge in [0.05, 0.1) is 6.61 Å². The van der Waals surface area contributed by atoms with Crippen LogP contribution in [0.3, 0.4) is 0 Å². The molecule has 0 amide bonds. The lowest BCUT2D eigenvalue weighted by molar-refractivity contribution is 0.161. The number of hydrogen-bond acceptors (Lipinski definition) is 5. The molecular weight excluding hydrogens is 252 g/mol. The Kier molecular flexibility index (Phi) is 5.17. The van der Waals surface area contributed by atoms with Crippen LogP contribution in [0.1, 0.15) is 38.9 Å². The van der Waals surface area contributed by atoms with Gasteiger partial charge >= 0.3 is 0 Å². The summed E-state index contributed by atoms with van der Waals surface area (Å²) in [5, 5.41) is 3.30. The molecule has 1 atom stereocenters. The summed E-state index contributed by atoms with van der Waals surface area (Å²) < 4.78 is 5.26. The maximum Gasteiger partial charge on any atom is 0.135 e. The molecule has 0 spiro atoms. The van der Waals surface area contributed by atoms with Gasteiger partial charge in [-0.2, -0.15) is 0 Å². The highest BCUT2D eigenvalue weighted by Crippen LogP contribution is 2.25. The third-order valence-corrected chi connectivity index (χ3v) is 3.62. The van der Waals surface area contributed by atoms with Crippen LogP contribution in [-0.2, 0) is 4.74 Å². The van der Waals surface area contributed by atoms with Crippen LogP contribution in [0.5, 0.6) is 0 Å². The Bertz CT molecular complexity index is 436. The average Bonchev–Trinajstić information content (AvgIpc) is 2.88. The van der Waals surface area contributed by atoms with E-state index in [9.17, 15) is 0 Å². The molecule has 1 aromatic rings. The van der Waals surface area contributed by atoms with E-state index < -0.39 is 0 Å². The number of anilines is 2. The second kappa shape index (κ2) is 6.88. The van der Waals surface area contributed by atoms with Crippen molar-refractivity contribution in [2.24, 2.45) is 5.92 Å². The van der Waals surface area contributed by atoms with Crippen LogP contribution < -0.4 is 10.2 Å². The quantitative estimate of drug-likeness (QED) is 0.866. The van der Waals surface area contributed by atoms with Gasteiger partial charge < -0.3 is 15.0 Å². The van der Waals surface area contributed by atoms with E-state index in [1.807, 2.05) is 0 Å². The molecule has 1 aliphatic heterocycles. The molecule has 1 N–H and O–H groups in total. The fourth-order valence-corrected chi connectivity index (χ4v) is 2.56. The molecule has 1 aliphatic rings. The summed E-state index contributed by atoms with van der Waals surface area (Å²) in [6, 6.07) is 2.06. The lowest BCUT2D eigenvalue weighted by Gasteiger charge is -2.20. The zero-order valence-electron chi connectivity index (χ0n) is 13.0. The Morgan fingerprint density at radius 2 is 2.25 bits per heavy atom. The Labute approximate surface area is 121 Å². The molecule has 5 heteroatoms. The Balaban J connectivity index is 2.18. The second-order valence-electron chi connectivity index (χ2n) is 5.71. The maximum atomic E-state index is 5.26. The molecule has 20 heavy (non-hydrogen) atoms. The van der Waals surface area contributed by atoms with Crippen molar-refractivity contribution in [3.63, 3.8) is 0 Å². The predicted octanol–water partition coefficient (Wildman–Crippen LogP) is 2.50. The highest BCUT2D eigenvalue weighted by atomic mass is 16.5. The molecular formula is C15H26N4O. The molecule has 112 valence electrons. The van der Waals surface area contributed by atoms with Crippen molar-refractivity contribution in [2.75, 3.05) is 43.6 Å². The van der Waals surface area contributed by atoms with Crippen LogP contribution in [-0.4, -0.2) is 43.3 Å². The van der Waals surface area contributed by atoms with Crippen molar-refractivity contribution in [1.29, 1.82) is 0 Å². The summed E-state index contributed by atoms with van der Waals surface area (Å²) in [6.45, 7) is 10.1. The largest absolute Gasteiger partial charge is 0.384 e. The van der Waals surface area contributed by atoms with E-state index in [4.69, 9.17) is 9.72 Å². The van der Waals surface area contributed by atoms with Crippen molar-refractivity contribution in [3.05, 3.63) is 11.9 Å². The summed E-state index contributed by atoms with van der Waals surface area (Å²) in [5.41, 5.74) is 0. The van der Waals surface area contributed by atoms with Gasteiger partial charge in [-0.05, 0) is 13.3 Å². The van der Waals surface area contributed by atoms with Gasteiger partial charge in [0.25, 0.3) is 0 Å². The number of aromatic nitrogens is 2. The molecule has 2 heterocycles. The van der Waals surface area contributed by atoms with Crippen molar-refractivity contribution in [3.8, 4) is 0 Å². The molecule has 1 fully saturated rings. The summed E-state index contributed by atoms with van der Waals surface area (Å²) in [4.78, 5) is 11.6. The molecule has 0 radical (unpaired) electrons. The van der Waals surface area contributed by atoms with Gasteiger partial charge in [0.15, 0.2) is 0 Å². The normalized spacial score (nSPS) is 18.9. The van der Waals surface area contributed by atoms with Crippen molar-refractivity contribution < 1.29 is 4.74 Å². The molecule has 0 aromatic carbocycles. The third kappa shape index (κ3) is 3.60. The van der Waals surface area contributed by atoms with E-state index in [0.29, 0.717) is 11.8 Å². The number of methoxy groups -OCH3 is 1. The van der Waals surface area contributed by atoms with Crippen LogP contribution in [0, 0.1) is 5.92 Å². The molecule has 5 nitrogen and oxygen atoms in total. The fraction of sp³-hybridized carbons (Fsp3) is 0.733. The number of rotatable bonds is 6. The van der Waals surface area contributed by atoms with Gasteiger partial charge in [0.2, 0.25) is 0 Å². The van der Waals surface area contributed by atoms with Gasteiger partial charge in [0, 0.05) is 44.6 Å². The van der Waals surface area contributed by atoms with Crippen molar-refractivity contribution in [2.45, 2.75) is 33.1 Å². The number of ether oxygens (including phenoxy) is 1. The van der Waals surface area contributed by atoms with Gasteiger partial charge in [-0.1, -0.05) is 13.8 Å². The summed E-state index contributed by atoms with van der Waals surface area (Å²) >= 11 is 0. The number of hydrogen-bond donors (Lipinski definition) is 1. The van der Waals surface area contributed by atoms with Gasteiger partial charge in [-0.25, -0.2) is 9.97 Å². The minimum absolute atomic E-state index is 0.338. The Morgan fingerprint density at radius 3 is 2.90 bits per heavy atom. The van der Waals surface area contributed by atoms with E-state index in [1.54, 1.807) is 7.11 Å². The lowest BCUT2D eigenvalue weighted by Crippen LogP contribution is -2.23. The van der Waals surface area contributed by atoms with E-state index in [2.05, 4.69) is 42.0 Å². The SMILES string of the molecule is CCNc1cc(N2CCC(COC)C2)nc(C(C)C)n1. The third-order valence-electron chi connectivity index (χ3n) is 3.62. The predicted molar refractivity (Wildman–Crippen MR) is 82.5 cm³/mol. The van der Waals surface area contributed by atoms with E-state index >= 15 is 0 Å². The van der Waals surface area contributed by atoms with E-state index in [0.717, 1.165) is 43.7 Å².